The Bertz CT molecular complexity index is 723. The van der Waals surface area contributed by atoms with E-state index < -0.39 is 5.97 Å². The lowest BCUT2D eigenvalue weighted by Gasteiger charge is -2.29. The molecule has 0 radical (unpaired) electrons. The average Bonchev–Trinajstić information content (AvgIpc) is 2.45. The molecule has 0 aromatic heterocycles. The highest BCUT2D eigenvalue weighted by atomic mass is 35.5. The van der Waals surface area contributed by atoms with Crippen LogP contribution in [0.3, 0.4) is 0 Å². The van der Waals surface area contributed by atoms with Crippen LogP contribution in [0.15, 0.2) is 54.6 Å². The number of aliphatic carboxylic acids is 1. The zero-order valence-electron chi connectivity index (χ0n) is 12.7. The van der Waals surface area contributed by atoms with Crippen LogP contribution < -0.4 is 4.90 Å². The van der Waals surface area contributed by atoms with Gasteiger partial charge in [-0.1, -0.05) is 59.6 Å². The molecule has 2 aromatic carbocycles. The van der Waals surface area contributed by atoms with Gasteiger partial charge in [0.1, 0.15) is 0 Å². The molecule has 2 rings (SSSR count). The number of carboxylic acids is 1. The Balaban J connectivity index is 2.61. The van der Waals surface area contributed by atoms with Crippen LogP contribution in [0.1, 0.15) is 12.5 Å². The fourth-order valence-corrected chi connectivity index (χ4v) is 2.99. The summed E-state index contributed by atoms with van der Waals surface area (Å²) in [6, 6.07) is 12.6. The van der Waals surface area contributed by atoms with E-state index in [2.05, 4.69) is 6.58 Å². The van der Waals surface area contributed by atoms with Crippen molar-refractivity contribution in [2.24, 2.45) is 0 Å². The third kappa shape index (κ3) is 4.27. The fourth-order valence-electron chi connectivity index (χ4n) is 2.39. The zero-order chi connectivity index (χ0) is 17.0. The van der Waals surface area contributed by atoms with Crippen LogP contribution in [0.4, 0.5) is 11.4 Å². The van der Waals surface area contributed by atoms with Gasteiger partial charge < -0.3 is 10.0 Å². The topological polar surface area (TPSA) is 40.5 Å². The van der Waals surface area contributed by atoms with Crippen molar-refractivity contribution in [3.05, 3.63) is 70.2 Å². The summed E-state index contributed by atoms with van der Waals surface area (Å²) in [6.07, 6.45) is -0.0784. The van der Waals surface area contributed by atoms with E-state index in [0.717, 1.165) is 11.3 Å². The quantitative estimate of drug-likeness (QED) is 0.716. The smallest absolute Gasteiger partial charge is 0.307 e. The SMILES string of the molecule is C=C(C)CN(c1ccccc1CC(=O)O)c1c(Cl)cccc1Cl. The van der Waals surface area contributed by atoms with Crippen molar-refractivity contribution in [2.45, 2.75) is 13.3 Å². The molecule has 0 atom stereocenters. The standard InChI is InChI=1S/C18H17Cl2NO2/c1-12(2)11-21(18-14(19)7-5-8-15(18)20)16-9-4-3-6-13(16)10-17(22)23/h3-9H,1,10-11H2,2H3,(H,22,23). The Morgan fingerprint density at radius 3 is 2.30 bits per heavy atom. The first-order valence-corrected chi connectivity index (χ1v) is 7.81. The third-order valence-electron chi connectivity index (χ3n) is 3.26. The van der Waals surface area contributed by atoms with Crippen LogP contribution in [0.5, 0.6) is 0 Å². The number of nitrogens with zero attached hydrogens (tertiary/aromatic N) is 1. The predicted molar refractivity (Wildman–Crippen MR) is 96.1 cm³/mol. The van der Waals surface area contributed by atoms with Crippen LogP contribution in [0.25, 0.3) is 0 Å². The second-order valence-corrected chi connectivity index (χ2v) is 6.13. The molecule has 0 aliphatic carbocycles. The monoisotopic (exact) mass is 349 g/mol. The summed E-state index contributed by atoms with van der Waals surface area (Å²) in [5.41, 5.74) is 3.01. The summed E-state index contributed by atoms with van der Waals surface area (Å²) in [4.78, 5) is 13.1. The molecule has 0 aliphatic rings. The second-order valence-electron chi connectivity index (χ2n) is 5.31. The lowest BCUT2D eigenvalue weighted by Crippen LogP contribution is -2.22. The molecule has 1 N–H and O–H groups in total. The van der Waals surface area contributed by atoms with Crippen molar-refractivity contribution in [1.29, 1.82) is 0 Å². The second kappa shape index (κ2) is 7.53. The van der Waals surface area contributed by atoms with Crippen molar-refractivity contribution in [3.8, 4) is 0 Å². The summed E-state index contributed by atoms with van der Waals surface area (Å²) in [5, 5.41) is 10.2. The molecule has 2 aromatic rings. The van der Waals surface area contributed by atoms with Crippen molar-refractivity contribution < 1.29 is 9.90 Å². The van der Waals surface area contributed by atoms with E-state index >= 15 is 0 Å². The number of hydrogen-bond acceptors (Lipinski definition) is 2. The molecule has 0 heterocycles. The maximum atomic E-state index is 11.1. The first-order chi connectivity index (χ1) is 10.9. The van der Waals surface area contributed by atoms with E-state index in [9.17, 15) is 4.79 Å². The Hall–Kier alpha value is -1.97. The van der Waals surface area contributed by atoms with Gasteiger partial charge in [0.15, 0.2) is 0 Å². The number of anilines is 2. The Labute approximate surface area is 145 Å². The molecule has 120 valence electrons. The van der Waals surface area contributed by atoms with Gasteiger partial charge in [0.25, 0.3) is 0 Å². The van der Waals surface area contributed by atoms with E-state index in [4.69, 9.17) is 28.3 Å². The van der Waals surface area contributed by atoms with Gasteiger partial charge in [-0.15, -0.1) is 0 Å². The van der Waals surface area contributed by atoms with Crippen LogP contribution in [-0.2, 0) is 11.2 Å². The Morgan fingerprint density at radius 1 is 1.13 bits per heavy atom. The van der Waals surface area contributed by atoms with E-state index in [1.54, 1.807) is 24.3 Å². The molecule has 3 nitrogen and oxygen atoms in total. The maximum Gasteiger partial charge on any atom is 0.307 e. The van der Waals surface area contributed by atoms with E-state index in [1.807, 2.05) is 30.0 Å². The number of hydrogen-bond donors (Lipinski definition) is 1. The van der Waals surface area contributed by atoms with Crippen molar-refractivity contribution in [1.82, 2.24) is 0 Å². The van der Waals surface area contributed by atoms with Crippen LogP contribution in [0.2, 0.25) is 10.0 Å². The first-order valence-electron chi connectivity index (χ1n) is 7.05. The van der Waals surface area contributed by atoms with Gasteiger partial charge in [-0.25, -0.2) is 0 Å². The summed E-state index contributed by atoms with van der Waals surface area (Å²) in [7, 11) is 0. The number of carbonyl (C=O) groups is 1. The molecule has 0 aliphatic heterocycles. The van der Waals surface area contributed by atoms with Gasteiger partial charge in [0.2, 0.25) is 0 Å². The van der Waals surface area contributed by atoms with Crippen LogP contribution >= 0.6 is 23.2 Å². The molecule has 0 saturated heterocycles. The summed E-state index contributed by atoms with van der Waals surface area (Å²) in [5.74, 6) is -0.891. The molecule has 23 heavy (non-hydrogen) atoms. The largest absolute Gasteiger partial charge is 0.481 e. The minimum Gasteiger partial charge on any atom is -0.481 e. The number of carboxylic acid groups (broad SMARTS) is 1. The molecule has 5 heteroatoms. The van der Waals surface area contributed by atoms with Gasteiger partial charge in [-0.3, -0.25) is 4.79 Å². The molecular weight excluding hydrogens is 333 g/mol. The van der Waals surface area contributed by atoms with Gasteiger partial charge >= 0.3 is 5.97 Å². The minimum absolute atomic E-state index is 0.0784. The van der Waals surface area contributed by atoms with E-state index in [0.29, 0.717) is 27.8 Å². The number of para-hydroxylation sites is 2. The lowest BCUT2D eigenvalue weighted by atomic mass is 10.1. The molecule has 0 spiro atoms. The lowest BCUT2D eigenvalue weighted by molar-refractivity contribution is -0.136. The maximum absolute atomic E-state index is 11.1. The molecule has 0 unspecified atom stereocenters. The predicted octanol–water partition coefficient (Wildman–Crippen LogP) is 5.33. The average molecular weight is 350 g/mol. The highest BCUT2D eigenvalue weighted by molar-refractivity contribution is 6.39. The van der Waals surface area contributed by atoms with Gasteiger partial charge in [0.05, 0.1) is 22.2 Å². The molecule has 0 saturated carbocycles. The first kappa shape index (κ1) is 17.4. The van der Waals surface area contributed by atoms with E-state index in [1.165, 1.54) is 0 Å². The van der Waals surface area contributed by atoms with E-state index in [-0.39, 0.29) is 6.42 Å². The number of halogens is 2. The molecular formula is C18H17Cl2NO2. The molecule has 0 amide bonds. The normalized spacial score (nSPS) is 10.4. The van der Waals surface area contributed by atoms with Crippen molar-refractivity contribution >= 4 is 40.5 Å². The summed E-state index contributed by atoms with van der Waals surface area (Å²) < 4.78 is 0. The Kier molecular flexibility index (Phi) is 5.69. The number of benzene rings is 2. The minimum atomic E-state index is -0.891. The summed E-state index contributed by atoms with van der Waals surface area (Å²) in [6.45, 7) is 6.34. The van der Waals surface area contributed by atoms with Crippen molar-refractivity contribution in [3.63, 3.8) is 0 Å². The fraction of sp³-hybridized carbons (Fsp3) is 0.167. The Morgan fingerprint density at radius 2 is 1.74 bits per heavy atom. The summed E-state index contributed by atoms with van der Waals surface area (Å²) >= 11 is 12.7. The van der Waals surface area contributed by atoms with Gasteiger partial charge in [0, 0.05) is 12.2 Å². The highest BCUT2D eigenvalue weighted by Crippen LogP contribution is 2.39. The molecule has 0 bridgehead atoms. The van der Waals surface area contributed by atoms with Gasteiger partial charge in [-0.2, -0.15) is 0 Å². The van der Waals surface area contributed by atoms with Gasteiger partial charge in [-0.05, 0) is 30.7 Å². The highest BCUT2D eigenvalue weighted by Gasteiger charge is 2.19. The third-order valence-corrected chi connectivity index (χ3v) is 3.87. The van der Waals surface area contributed by atoms with Crippen molar-refractivity contribution in [2.75, 3.05) is 11.4 Å². The van der Waals surface area contributed by atoms with Crippen LogP contribution in [-0.4, -0.2) is 17.6 Å². The zero-order valence-corrected chi connectivity index (χ0v) is 14.2. The number of rotatable bonds is 6. The van der Waals surface area contributed by atoms with Crippen LogP contribution in [0, 0.1) is 0 Å². The molecule has 0 fully saturated rings.